The number of anilines is 1. The summed E-state index contributed by atoms with van der Waals surface area (Å²) >= 11 is 0. The summed E-state index contributed by atoms with van der Waals surface area (Å²) in [5.41, 5.74) is 1.55. The second-order valence-electron chi connectivity index (χ2n) is 6.73. The number of carboxylic acid groups (broad SMARTS) is 1. The minimum atomic E-state index is -1.09. The van der Waals surface area contributed by atoms with Gasteiger partial charge in [-0.05, 0) is 61.4 Å². The summed E-state index contributed by atoms with van der Waals surface area (Å²) in [6.45, 7) is 0.396. The number of carbonyl (C=O) groups is 2. The first-order chi connectivity index (χ1) is 13.1. The molecule has 27 heavy (non-hydrogen) atoms. The summed E-state index contributed by atoms with van der Waals surface area (Å²) in [4.78, 5) is 23.0. The van der Waals surface area contributed by atoms with Crippen molar-refractivity contribution in [2.75, 3.05) is 5.32 Å². The quantitative estimate of drug-likeness (QED) is 0.693. The molecule has 7 nitrogen and oxygen atoms in total. The monoisotopic (exact) mass is 368 g/mol. The van der Waals surface area contributed by atoms with Crippen LogP contribution in [0.4, 0.5) is 10.5 Å². The number of nitrogens with one attached hydrogen (secondary N) is 1. The number of fused-ring (bicyclic) bond motifs is 1. The van der Waals surface area contributed by atoms with E-state index in [-0.39, 0.29) is 11.9 Å². The fraction of sp³-hybridized carbons (Fsp3) is 0.300. The van der Waals surface area contributed by atoms with Crippen LogP contribution in [0.25, 0.3) is 10.9 Å². The van der Waals surface area contributed by atoms with Gasteiger partial charge in [0.25, 0.3) is 0 Å². The maximum absolute atomic E-state index is 12.1. The number of aromatic nitrogens is 1. The molecule has 1 aliphatic carbocycles. The molecule has 2 N–H and O–H groups in total. The lowest BCUT2D eigenvalue weighted by Crippen LogP contribution is -2.20. The average Bonchev–Trinajstić information content (AvgIpc) is 3.37. The number of nitrogens with zero attached hydrogens (tertiary/aromatic N) is 1. The third-order valence-electron chi connectivity index (χ3n) is 4.79. The number of carboxylic acids is 1. The minimum Gasteiger partial charge on any atom is -0.475 e. The largest absolute Gasteiger partial charge is 0.475 e. The van der Waals surface area contributed by atoms with E-state index in [1.54, 1.807) is 6.07 Å². The zero-order valence-electron chi connectivity index (χ0n) is 14.7. The highest BCUT2D eigenvalue weighted by Gasteiger charge is 2.19. The fourth-order valence-corrected chi connectivity index (χ4v) is 3.45. The van der Waals surface area contributed by atoms with Crippen molar-refractivity contribution < 1.29 is 23.8 Å². The SMILES string of the molecule is O=C(Nc1ccc2ccn(Cc3ccc(C(=O)O)o3)c2c1)OC1CCCC1. The average molecular weight is 368 g/mol. The first-order valence-corrected chi connectivity index (χ1v) is 8.97. The van der Waals surface area contributed by atoms with E-state index in [1.165, 1.54) is 6.07 Å². The fourth-order valence-electron chi connectivity index (χ4n) is 3.45. The Labute approximate surface area is 155 Å². The van der Waals surface area contributed by atoms with Gasteiger partial charge in [0.15, 0.2) is 0 Å². The zero-order chi connectivity index (χ0) is 18.8. The maximum Gasteiger partial charge on any atom is 0.411 e. The standard InChI is InChI=1S/C20H20N2O5/c23-19(24)18-8-7-16(26-18)12-22-10-9-13-5-6-14(11-17(13)22)21-20(25)27-15-3-1-2-4-15/h5-11,15H,1-4,12H2,(H,21,25)(H,23,24). The molecule has 7 heteroatoms. The number of benzene rings is 1. The van der Waals surface area contributed by atoms with Gasteiger partial charge < -0.3 is 18.8 Å². The van der Waals surface area contributed by atoms with Gasteiger partial charge in [0, 0.05) is 11.9 Å². The Balaban J connectivity index is 1.50. The molecule has 0 spiro atoms. The predicted molar refractivity (Wildman–Crippen MR) is 99.1 cm³/mol. The molecule has 140 valence electrons. The normalized spacial score (nSPS) is 14.5. The smallest absolute Gasteiger partial charge is 0.411 e. The van der Waals surface area contributed by atoms with Gasteiger partial charge in [-0.1, -0.05) is 6.07 Å². The number of carbonyl (C=O) groups excluding carboxylic acids is 1. The summed E-state index contributed by atoms with van der Waals surface area (Å²) in [7, 11) is 0. The van der Waals surface area contributed by atoms with Gasteiger partial charge in [0.1, 0.15) is 11.9 Å². The molecule has 2 aromatic heterocycles. The molecule has 0 atom stereocenters. The molecule has 0 unspecified atom stereocenters. The lowest BCUT2D eigenvalue weighted by molar-refractivity contribution is 0.0660. The Kier molecular flexibility index (Phi) is 4.58. The third-order valence-corrected chi connectivity index (χ3v) is 4.79. The molecule has 0 radical (unpaired) electrons. The van der Waals surface area contributed by atoms with Crippen molar-refractivity contribution in [1.82, 2.24) is 4.57 Å². The Morgan fingerprint density at radius 3 is 2.74 bits per heavy atom. The van der Waals surface area contributed by atoms with Crippen LogP contribution >= 0.6 is 0 Å². The first-order valence-electron chi connectivity index (χ1n) is 8.97. The summed E-state index contributed by atoms with van der Waals surface area (Å²) in [5.74, 6) is -0.631. The highest BCUT2D eigenvalue weighted by molar-refractivity contribution is 5.90. The molecule has 3 aromatic rings. The second-order valence-corrected chi connectivity index (χ2v) is 6.73. The number of ether oxygens (including phenoxy) is 1. The van der Waals surface area contributed by atoms with E-state index in [0.717, 1.165) is 36.6 Å². The van der Waals surface area contributed by atoms with Gasteiger partial charge >= 0.3 is 12.1 Å². The first kappa shape index (κ1) is 17.2. The lowest BCUT2D eigenvalue weighted by atomic mass is 10.2. The van der Waals surface area contributed by atoms with Crippen molar-refractivity contribution in [1.29, 1.82) is 0 Å². The van der Waals surface area contributed by atoms with E-state index in [4.69, 9.17) is 14.3 Å². The number of hydrogen-bond donors (Lipinski definition) is 2. The molecule has 1 fully saturated rings. The molecule has 2 heterocycles. The summed E-state index contributed by atoms with van der Waals surface area (Å²) in [6.07, 6.45) is 5.54. The van der Waals surface area contributed by atoms with Crippen LogP contribution in [0, 0.1) is 0 Å². The van der Waals surface area contributed by atoms with Gasteiger partial charge in [-0.25, -0.2) is 9.59 Å². The van der Waals surface area contributed by atoms with Crippen molar-refractivity contribution in [2.45, 2.75) is 38.3 Å². The Morgan fingerprint density at radius 1 is 1.19 bits per heavy atom. The maximum atomic E-state index is 12.1. The summed E-state index contributed by atoms with van der Waals surface area (Å²) < 4.78 is 12.7. The van der Waals surface area contributed by atoms with E-state index in [9.17, 15) is 9.59 Å². The molecule has 1 aromatic carbocycles. The van der Waals surface area contributed by atoms with Gasteiger partial charge in [0.2, 0.25) is 5.76 Å². The molecular weight excluding hydrogens is 348 g/mol. The van der Waals surface area contributed by atoms with Crippen molar-refractivity contribution in [3.63, 3.8) is 0 Å². The molecule has 1 aliphatic rings. The summed E-state index contributed by atoms with van der Waals surface area (Å²) in [6, 6.07) is 10.7. The van der Waals surface area contributed by atoms with Gasteiger partial charge in [-0.15, -0.1) is 0 Å². The molecule has 1 amide bonds. The molecule has 0 saturated heterocycles. The van der Waals surface area contributed by atoms with Gasteiger partial charge in [-0.2, -0.15) is 0 Å². The van der Waals surface area contributed by atoms with Gasteiger partial charge in [-0.3, -0.25) is 5.32 Å². The van der Waals surface area contributed by atoms with E-state index < -0.39 is 12.1 Å². The van der Waals surface area contributed by atoms with E-state index in [0.29, 0.717) is 18.0 Å². The molecule has 0 aliphatic heterocycles. The van der Waals surface area contributed by atoms with Crippen LogP contribution in [-0.4, -0.2) is 27.8 Å². The minimum absolute atomic E-state index is 0.0139. The van der Waals surface area contributed by atoms with Crippen molar-refractivity contribution >= 4 is 28.7 Å². The number of rotatable bonds is 5. The predicted octanol–water partition coefficient (Wildman–Crippen LogP) is 4.47. The Morgan fingerprint density at radius 2 is 2.00 bits per heavy atom. The topological polar surface area (TPSA) is 93.7 Å². The Bertz CT molecular complexity index is 981. The van der Waals surface area contributed by atoms with E-state index >= 15 is 0 Å². The summed E-state index contributed by atoms with van der Waals surface area (Å²) in [5, 5.41) is 12.8. The number of amides is 1. The van der Waals surface area contributed by atoms with E-state index in [2.05, 4.69) is 5.32 Å². The number of hydrogen-bond acceptors (Lipinski definition) is 4. The molecule has 4 rings (SSSR count). The van der Waals surface area contributed by atoms with Crippen LogP contribution in [0.15, 0.2) is 47.0 Å². The van der Waals surface area contributed by atoms with Crippen molar-refractivity contribution in [3.8, 4) is 0 Å². The number of aromatic carboxylic acids is 1. The zero-order valence-corrected chi connectivity index (χ0v) is 14.7. The molecule has 0 bridgehead atoms. The van der Waals surface area contributed by atoms with Crippen LogP contribution in [0.5, 0.6) is 0 Å². The van der Waals surface area contributed by atoms with Crippen LogP contribution in [0.1, 0.15) is 42.0 Å². The van der Waals surface area contributed by atoms with Crippen LogP contribution in [0.2, 0.25) is 0 Å². The van der Waals surface area contributed by atoms with Crippen molar-refractivity contribution in [2.24, 2.45) is 0 Å². The Hall–Kier alpha value is -3.22. The van der Waals surface area contributed by atoms with Crippen molar-refractivity contribution in [3.05, 3.63) is 54.1 Å². The molecule has 1 saturated carbocycles. The highest BCUT2D eigenvalue weighted by Crippen LogP contribution is 2.24. The van der Waals surface area contributed by atoms with Crippen LogP contribution in [-0.2, 0) is 11.3 Å². The van der Waals surface area contributed by atoms with Crippen LogP contribution < -0.4 is 5.32 Å². The third kappa shape index (κ3) is 3.81. The van der Waals surface area contributed by atoms with Gasteiger partial charge in [0.05, 0.1) is 12.1 Å². The number of furan rings is 1. The highest BCUT2D eigenvalue weighted by atomic mass is 16.6. The second kappa shape index (κ2) is 7.19. The van der Waals surface area contributed by atoms with E-state index in [1.807, 2.05) is 35.0 Å². The lowest BCUT2D eigenvalue weighted by Gasteiger charge is -2.12. The van der Waals surface area contributed by atoms with Crippen LogP contribution in [0.3, 0.4) is 0 Å². The molecular formula is C20H20N2O5.